The molecule has 1 N–H and O–H groups in total. The van der Waals surface area contributed by atoms with Crippen LogP contribution in [0.1, 0.15) is 47.5 Å². The molecule has 2 fully saturated rings. The molecule has 4 nitrogen and oxygen atoms in total. The van der Waals surface area contributed by atoms with E-state index in [0.29, 0.717) is 12.0 Å². The zero-order valence-corrected chi connectivity index (χ0v) is 13.0. The first-order chi connectivity index (χ1) is 8.71. The summed E-state index contributed by atoms with van der Waals surface area (Å²) in [6.07, 6.45) is 2.18. The van der Waals surface area contributed by atoms with E-state index in [0.717, 1.165) is 32.5 Å². The van der Waals surface area contributed by atoms with E-state index in [2.05, 4.69) is 19.2 Å². The van der Waals surface area contributed by atoms with Crippen LogP contribution in [0.2, 0.25) is 0 Å². The van der Waals surface area contributed by atoms with E-state index >= 15 is 0 Å². The topological polar surface area (TPSA) is 41.6 Å². The molecule has 1 atom stereocenters. The predicted octanol–water partition coefficient (Wildman–Crippen LogP) is 2.63. The molecular weight excluding hydrogens is 240 g/mol. The minimum atomic E-state index is -0.407. The number of piperidine rings is 1. The standard InChI is InChI=1S/C15H28N2O2/c1-14(2,3)19-13(18)17-10-15(4,5)12(17)11-6-8-16-9-7-11/h11-12,16H,6-10H2,1-5H3/t12-/m1/s1. The summed E-state index contributed by atoms with van der Waals surface area (Å²) in [5.41, 5.74) is -0.186. The number of rotatable bonds is 1. The fourth-order valence-corrected chi connectivity index (χ4v) is 3.49. The Morgan fingerprint density at radius 1 is 1.26 bits per heavy atom. The summed E-state index contributed by atoms with van der Waals surface area (Å²) >= 11 is 0. The lowest BCUT2D eigenvalue weighted by Gasteiger charge is -2.57. The van der Waals surface area contributed by atoms with Crippen molar-refractivity contribution < 1.29 is 9.53 Å². The molecule has 1 amide bonds. The lowest BCUT2D eigenvalue weighted by atomic mass is 9.67. The van der Waals surface area contributed by atoms with Crippen molar-refractivity contribution in [3.8, 4) is 0 Å². The maximum absolute atomic E-state index is 12.3. The molecule has 2 saturated heterocycles. The highest BCUT2D eigenvalue weighted by atomic mass is 16.6. The van der Waals surface area contributed by atoms with Crippen molar-refractivity contribution in [2.45, 2.75) is 59.1 Å². The van der Waals surface area contributed by atoms with Gasteiger partial charge in [-0.2, -0.15) is 0 Å². The quantitative estimate of drug-likeness (QED) is 0.795. The number of hydrogen-bond acceptors (Lipinski definition) is 3. The third kappa shape index (κ3) is 3.22. The molecule has 2 rings (SSSR count). The Morgan fingerprint density at radius 2 is 1.84 bits per heavy atom. The van der Waals surface area contributed by atoms with Gasteiger partial charge in [-0.15, -0.1) is 0 Å². The molecule has 0 radical (unpaired) electrons. The molecule has 0 unspecified atom stereocenters. The normalized spacial score (nSPS) is 27.8. The Kier molecular flexibility index (Phi) is 3.83. The minimum Gasteiger partial charge on any atom is -0.444 e. The van der Waals surface area contributed by atoms with E-state index in [4.69, 9.17) is 4.74 Å². The lowest BCUT2D eigenvalue weighted by Crippen LogP contribution is -2.67. The Balaban J connectivity index is 2.03. The number of likely N-dealkylation sites (tertiary alicyclic amines) is 1. The number of ether oxygens (including phenoxy) is 1. The summed E-state index contributed by atoms with van der Waals surface area (Å²) in [6.45, 7) is 13.3. The second-order valence-electron chi connectivity index (χ2n) is 7.63. The van der Waals surface area contributed by atoms with Crippen molar-refractivity contribution in [1.82, 2.24) is 10.2 Å². The maximum Gasteiger partial charge on any atom is 0.410 e. The molecule has 2 aliphatic rings. The molecule has 2 heterocycles. The van der Waals surface area contributed by atoms with Crippen LogP contribution in [0.5, 0.6) is 0 Å². The average molecular weight is 268 g/mol. The Labute approximate surface area is 116 Å². The van der Waals surface area contributed by atoms with Crippen LogP contribution < -0.4 is 5.32 Å². The molecule has 4 heteroatoms. The number of hydrogen-bond donors (Lipinski definition) is 1. The predicted molar refractivity (Wildman–Crippen MR) is 76.1 cm³/mol. The van der Waals surface area contributed by atoms with Crippen molar-refractivity contribution in [2.24, 2.45) is 11.3 Å². The number of amides is 1. The smallest absolute Gasteiger partial charge is 0.410 e. The van der Waals surface area contributed by atoms with E-state index in [-0.39, 0.29) is 11.5 Å². The molecule has 0 aliphatic carbocycles. The lowest BCUT2D eigenvalue weighted by molar-refractivity contribution is -0.0908. The van der Waals surface area contributed by atoms with Crippen LogP contribution >= 0.6 is 0 Å². The Bertz CT molecular complexity index is 341. The van der Waals surface area contributed by atoms with Gasteiger partial charge in [0.05, 0.1) is 0 Å². The maximum atomic E-state index is 12.3. The fraction of sp³-hybridized carbons (Fsp3) is 0.933. The highest BCUT2D eigenvalue weighted by molar-refractivity contribution is 5.70. The Morgan fingerprint density at radius 3 is 2.32 bits per heavy atom. The molecule has 0 saturated carbocycles. The molecule has 110 valence electrons. The highest BCUT2D eigenvalue weighted by Crippen LogP contribution is 2.44. The van der Waals surface area contributed by atoms with Gasteiger partial charge in [0.1, 0.15) is 5.60 Å². The van der Waals surface area contributed by atoms with Crippen molar-refractivity contribution in [2.75, 3.05) is 19.6 Å². The third-order valence-electron chi connectivity index (χ3n) is 4.17. The number of carbonyl (C=O) groups excluding carboxylic acids is 1. The van der Waals surface area contributed by atoms with Gasteiger partial charge in [0, 0.05) is 18.0 Å². The summed E-state index contributed by atoms with van der Waals surface area (Å²) in [5.74, 6) is 0.609. The zero-order valence-electron chi connectivity index (χ0n) is 13.0. The van der Waals surface area contributed by atoms with E-state index < -0.39 is 5.60 Å². The monoisotopic (exact) mass is 268 g/mol. The van der Waals surface area contributed by atoms with E-state index in [1.807, 2.05) is 25.7 Å². The van der Waals surface area contributed by atoms with Crippen molar-refractivity contribution in [3.05, 3.63) is 0 Å². The van der Waals surface area contributed by atoms with Crippen LogP contribution in [0.25, 0.3) is 0 Å². The average Bonchev–Trinajstić information content (AvgIpc) is 2.25. The Hall–Kier alpha value is -0.770. The van der Waals surface area contributed by atoms with Crippen LogP contribution in [0.15, 0.2) is 0 Å². The van der Waals surface area contributed by atoms with Crippen LogP contribution in [-0.2, 0) is 4.74 Å². The summed E-state index contributed by atoms with van der Waals surface area (Å²) in [5, 5.41) is 3.39. The van der Waals surface area contributed by atoms with Gasteiger partial charge in [-0.05, 0) is 52.6 Å². The van der Waals surface area contributed by atoms with Gasteiger partial charge in [0.25, 0.3) is 0 Å². The second-order valence-corrected chi connectivity index (χ2v) is 7.63. The molecule has 0 aromatic rings. The fourth-order valence-electron chi connectivity index (χ4n) is 3.49. The van der Waals surface area contributed by atoms with Crippen molar-refractivity contribution in [3.63, 3.8) is 0 Å². The van der Waals surface area contributed by atoms with Crippen molar-refractivity contribution >= 4 is 6.09 Å². The summed E-state index contributed by atoms with van der Waals surface area (Å²) < 4.78 is 5.53. The van der Waals surface area contributed by atoms with Crippen LogP contribution in [0.3, 0.4) is 0 Å². The number of nitrogens with one attached hydrogen (secondary N) is 1. The molecular formula is C15H28N2O2. The van der Waals surface area contributed by atoms with E-state index in [1.165, 1.54) is 0 Å². The van der Waals surface area contributed by atoms with E-state index in [9.17, 15) is 4.79 Å². The SMILES string of the molecule is CC(C)(C)OC(=O)N1CC(C)(C)[C@H]1C1CCNCC1. The largest absolute Gasteiger partial charge is 0.444 e. The van der Waals surface area contributed by atoms with Gasteiger partial charge >= 0.3 is 6.09 Å². The van der Waals surface area contributed by atoms with Crippen LogP contribution in [-0.4, -0.2) is 42.3 Å². The first kappa shape index (κ1) is 14.6. The van der Waals surface area contributed by atoms with Crippen LogP contribution in [0, 0.1) is 11.3 Å². The van der Waals surface area contributed by atoms with Gasteiger partial charge in [0.2, 0.25) is 0 Å². The van der Waals surface area contributed by atoms with Crippen molar-refractivity contribution in [1.29, 1.82) is 0 Å². The molecule has 2 aliphatic heterocycles. The highest BCUT2D eigenvalue weighted by Gasteiger charge is 2.52. The number of nitrogens with zero attached hydrogens (tertiary/aromatic N) is 1. The summed E-state index contributed by atoms with van der Waals surface area (Å²) in [4.78, 5) is 14.2. The summed E-state index contributed by atoms with van der Waals surface area (Å²) in [7, 11) is 0. The molecule has 0 bridgehead atoms. The first-order valence-electron chi connectivity index (χ1n) is 7.41. The van der Waals surface area contributed by atoms with Crippen LogP contribution in [0.4, 0.5) is 4.79 Å². The van der Waals surface area contributed by atoms with Gasteiger partial charge in [0.15, 0.2) is 0 Å². The van der Waals surface area contributed by atoms with Gasteiger partial charge in [-0.3, -0.25) is 0 Å². The molecule has 0 aromatic heterocycles. The second kappa shape index (κ2) is 4.97. The number of carbonyl (C=O) groups is 1. The van der Waals surface area contributed by atoms with Gasteiger partial charge in [-0.25, -0.2) is 4.79 Å². The molecule has 0 spiro atoms. The first-order valence-corrected chi connectivity index (χ1v) is 7.41. The molecule has 19 heavy (non-hydrogen) atoms. The van der Waals surface area contributed by atoms with E-state index in [1.54, 1.807) is 0 Å². The minimum absolute atomic E-state index is 0.143. The third-order valence-corrected chi connectivity index (χ3v) is 4.17. The van der Waals surface area contributed by atoms with Gasteiger partial charge in [-0.1, -0.05) is 13.8 Å². The summed E-state index contributed by atoms with van der Waals surface area (Å²) in [6, 6.07) is 0.337. The zero-order chi connectivity index (χ0) is 14.3. The molecule has 0 aromatic carbocycles. The van der Waals surface area contributed by atoms with Gasteiger partial charge < -0.3 is 15.0 Å².